The molecule has 2 N–H and O–H groups in total. The van der Waals surface area contributed by atoms with Gasteiger partial charge in [-0.1, -0.05) is 68.4 Å². The third kappa shape index (κ3) is 9.29. The van der Waals surface area contributed by atoms with Crippen LogP contribution in [0.4, 0.5) is 0 Å². The molecule has 218 valence electrons. The Labute approximate surface area is 242 Å². The van der Waals surface area contributed by atoms with Crippen LogP contribution in [0.3, 0.4) is 0 Å². The summed E-state index contributed by atoms with van der Waals surface area (Å²) in [4.78, 5) is 52.3. The zero-order chi connectivity index (χ0) is 30.0. The Morgan fingerprint density at radius 2 is 1.63 bits per heavy atom. The summed E-state index contributed by atoms with van der Waals surface area (Å²) < 4.78 is 11.1. The van der Waals surface area contributed by atoms with Gasteiger partial charge in [0.1, 0.15) is 6.04 Å². The lowest BCUT2D eigenvalue weighted by Gasteiger charge is -2.26. The molecule has 1 aliphatic rings. The van der Waals surface area contributed by atoms with E-state index in [-0.39, 0.29) is 24.0 Å². The highest BCUT2D eigenvalue weighted by Crippen LogP contribution is 2.31. The lowest BCUT2D eigenvalue weighted by Crippen LogP contribution is -2.52. The number of unbranched alkanes of at least 4 members (excludes halogenated alkanes) is 2. The average molecular weight is 561 g/mol. The summed E-state index contributed by atoms with van der Waals surface area (Å²) in [6.45, 7) is 7.56. The fraction of sp³-hybridized carbons (Fsp3) is 0.455. The van der Waals surface area contributed by atoms with Crippen LogP contribution in [-0.2, 0) is 30.3 Å². The number of nitrogens with one attached hydrogen (secondary N) is 2. The fourth-order valence-electron chi connectivity index (χ4n) is 4.76. The van der Waals surface area contributed by atoms with Crippen molar-refractivity contribution >= 4 is 23.6 Å². The van der Waals surface area contributed by atoms with Gasteiger partial charge in [-0.25, -0.2) is 4.79 Å². The molecular weight excluding hydrogens is 520 g/mol. The van der Waals surface area contributed by atoms with Crippen LogP contribution >= 0.6 is 0 Å². The smallest absolute Gasteiger partial charge is 0.338 e. The predicted octanol–water partition coefficient (Wildman–Crippen LogP) is 4.21. The van der Waals surface area contributed by atoms with Crippen LogP contribution in [0, 0.1) is 24.2 Å². The Morgan fingerprint density at radius 3 is 2.22 bits per heavy atom. The number of carbonyl (C=O) groups is 4. The van der Waals surface area contributed by atoms with Gasteiger partial charge in [-0.2, -0.15) is 0 Å². The molecule has 0 aromatic heterocycles. The standard InChI is InChI=1S/C33H40N2O6/c1-6-7-8-12-19-34-31(38)27(21-23-15-17-25(18-16-23)28(36)24-13-10-9-11-14-24)35-30(37)26(20-22(2)3)29-32(39)41-33(4,5)40-29/h1,9-11,13-18,22,26-27,29H,7-8,12,19-21H2,2-5H3,(H,34,38)(H,35,37)/t26-,27+,29+/m1/s1. The minimum Gasteiger partial charge on any atom is -0.432 e. The molecule has 2 amide bonds. The van der Waals surface area contributed by atoms with Crippen LogP contribution in [0.1, 0.15) is 74.9 Å². The molecule has 1 saturated heterocycles. The molecule has 1 aliphatic heterocycles. The average Bonchev–Trinajstić information content (AvgIpc) is 3.22. The Bertz CT molecular complexity index is 1250. The predicted molar refractivity (Wildman–Crippen MR) is 156 cm³/mol. The van der Waals surface area contributed by atoms with E-state index in [1.54, 1.807) is 50.2 Å². The van der Waals surface area contributed by atoms with E-state index in [0.717, 1.165) is 12.0 Å². The van der Waals surface area contributed by atoms with Crippen molar-refractivity contribution in [2.45, 2.75) is 77.7 Å². The van der Waals surface area contributed by atoms with Gasteiger partial charge < -0.3 is 20.1 Å². The molecule has 1 fully saturated rings. The van der Waals surface area contributed by atoms with Crippen molar-refractivity contribution in [3.63, 3.8) is 0 Å². The zero-order valence-electron chi connectivity index (χ0n) is 24.3. The lowest BCUT2D eigenvalue weighted by atomic mass is 9.90. The van der Waals surface area contributed by atoms with Gasteiger partial charge in [0.15, 0.2) is 11.9 Å². The van der Waals surface area contributed by atoms with Gasteiger partial charge in [-0.15, -0.1) is 12.3 Å². The Kier molecular flexibility index (Phi) is 11.2. The summed E-state index contributed by atoms with van der Waals surface area (Å²) in [6.07, 6.45) is 6.92. The Hall–Kier alpha value is -3.96. The van der Waals surface area contributed by atoms with Gasteiger partial charge in [0.05, 0.1) is 5.92 Å². The molecule has 0 aliphatic carbocycles. The number of ether oxygens (including phenoxy) is 2. The van der Waals surface area contributed by atoms with Gasteiger partial charge in [0, 0.05) is 44.4 Å². The van der Waals surface area contributed by atoms with Crippen molar-refractivity contribution in [3.05, 3.63) is 71.3 Å². The second-order valence-electron chi connectivity index (χ2n) is 11.2. The summed E-state index contributed by atoms with van der Waals surface area (Å²) >= 11 is 0. The highest BCUT2D eigenvalue weighted by atomic mass is 16.8. The van der Waals surface area contributed by atoms with Crippen molar-refractivity contribution in [2.75, 3.05) is 6.54 Å². The van der Waals surface area contributed by atoms with Crippen LogP contribution in [0.15, 0.2) is 54.6 Å². The molecule has 8 heteroatoms. The van der Waals surface area contributed by atoms with E-state index in [1.165, 1.54) is 0 Å². The van der Waals surface area contributed by atoms with Gasteiger partial charge in [0.25, 0.3) is 0 Å². The maximum Gasteiger partial charge on any atom is 0.338 e. The Morgan fingerprint density at radius 1 is 0.976 bits per heavy atom. The summed E-state index contributed by atoms with van der Waals surface area (Å²) in [5.74, 6) is -0.796. The summed E-state index contributed by atoms with van der Waals surface area (Å²) in [7, 11) is 0. The first kappa shape index (κ1) is 31.6. The monoisotopic (exact) mass is 560 g/mol. The van der Waals surface area contributed by atoms with Crippen LogP contribution in [0.5, 0.6) is 0 Å². The molecule has 0 radical (unpaired) electrons. The molecule has 0 bridgehead atoms. The van der Waals surface area contributed by atoms with Gasteiger partial charge in [-0.05, 0) is 30.7 Å². The molecule has 0 spiro atoms. The number of hydrogen-bond donors (Lipinski definition) is 2. The van der Waals surface area contributed by atoms with E-state index in [1.807, 2.05) is 32.0 Å². The number of rotatable bonds is 14. The van der Waals surface area contributed by atoms with Crippen LogP contribution in [0.25, 0.3) is 0 Å². The first-order valence-electron chi connectivity index (χ1n) is 14.1. The second kappa shape index (κ2) is 14.6. The molecule has 0 unspecified atom stereocenters. The van der Waals surface area contributed by atoms with E-state index in [9.17, 15) is 19.2 Å². The quantitative estimate of drug-likeness (QED) is 0.155. The summed E-state index contributed by atoms with van der Waals surface area (Å²) in [6, 6.07) is 15.1. The molecule has 41 heavy (non-hydrogen) atoms. The maximum absolute atomic E-state index is 13.6. The zero-order valence-corrected chi connectivity index (χ0v) is 24.3. The SMILES string of the molecule is C#CCCCCNC(=O)[C@H](Cc1ccc(C(=O)c2ccccc2)cc1)NC(=O)[C@H](CC(C)C)[C@@H]1OC(C)(C)OC1=O. The third-order valence-corrected chi connectivity index (χ3v) is 6.79. The van der Waals surface area contributed by atoms with Crippen molar-refractivity contribution in [1.29, 1.82) is 0 Å². The summed E-state index contributed by atoms with van der Waals surface area (Å²) in [5, 5.41) is 5.76. The van der Waals surface area contributed by atoms with Crippen molar-refractivity contribution in [3.8, 4) is 12.3 Å². The number of benzene rings is 2. The molecular formula is C33H40N2O6. The number of ketones is 1. The highest BCUT2D eigenvalue weighted by Gasteiger charge is 2.48. The number of esters is 1. The summed E-state index contributed by atoms with van der Waals surface area (Å²) in [5.41, 5.74) is 1.87. The van der Waals surface area contributed by atoms with E-state index < -0.39 is 35.7 Å². The maximum atomic E-state index is 13.6. The Balaban J connectivity index is 1.78. The van der Waals surface area contributed by atoms with Gasteiger partial charge in [-0.3, -0.25) is 14.4 Å². The molecule has 0 saturated carbocycles. The molecule has 2 aromatic rings. The molecule has 3 rings (SSSR count). The minimum absolute atomic E-state index is 0.0870. The van der Waals surface area contributed by atoms with E-state index in [0.29, 0.717) is 36.9 Å². The van der Waals surface area contributed by atoms with Crippen LogP contribution in [-0.4, -0.2) is 48.0 Å². The van der Waals surface area contributed by atoms with Crippen molar-refractivity contribution in [2.24, 2.45) is 11.8 Å². The molecule has 1 heterocycles. The number of amides is 2. The van der Waals surface area contributed by atoms with Crippen LogP contribution in [0.2, 0.25) is 0 Å². The minimum atomic E-state index is -1.13. The van der Waals surface area contributed by atoms with Crippen molar-refractivity contribution in [1.82, 2.24) is 10.6 Å². The van der Waals surface area contributed by atoms with Gasteiger partial charge >= 0.3 is 5.97 Å². The normalized spacial score (nSPS) is 17.3. The molecule has 3 atom stereocenters. The fourth-order valence-corrected chi connectivity index (χ4v) is 4.76. The van der Waals surface area contributed by atoms with Crippen molar-refractivity contribution < 1.29 is 28.7 Å². The largest absolute Gasteiger partial charge is 0.432 e. The number of hydrogen-bond acceptors (Lipinski definition) is 6. The number of terminal acetylenes is 1. The third-order valence-electron chi connectivity index (χ3n) is 6.79. The number of cyclic esters (lactones) is 1. The topological polar surface area (TPSA) is 111 Å². The van der Waals surface area contributed by atoms with E-state index >= 15 is 0 Å². The molecule has 8 nitrogen and oxygen atoms in total. The lowest BCUT2D eigenvalue weighted by molar-refractivity contribution is -0.162. The number of carbonyl (C=O) groups excluding carboxylic acids is 4. The highest BCUT2D eigenvalue weighted by molar-refractivity contribution is 6.08. The first-order valence-corrected chi connectivity index (χ1v) is 14.1. The second-order valence-corrected chi connectivity index (χ2v) is 11.2. The van der Waals surface area contributed by atoms with Gasteiger partial charge in [0.2, 0.25) is 17.6 Å². The van der Waals surface area contributed by atoms with E-state index in [4.69, 9.17) is 15.9 Å². The van der Waals surface area contributed by atoms with E-state index in [2.05, 4.69) is 16.6 Å². The first-order chi connectivity index (χ1) is 19.5. The molecule has 2 aromatic carbocycles. The van der Waals surface area contributed by atoms with Crippen LogP contribution < -0.4 is 10.6 Å².